The summed E-state index contributed by atoms with van der Waals surface area (Å²) in [6.07, 6.45) is 3.68. The lowest BCUT2D eigenvalue weighted by Gasteiger charge is -2.15. The first-order valence-electron chi connectivity index (χ1n) is 14.7. The van der Waals surface area contributed by atoms with E-state index >= 15 is 0 Å². The number of H-pyrrole nitrogens is 1. The van der Waals surface area contributed by atoms with Crippen molar-refractivity contribution in [3.05, 3.63) is 146 Å². The zero-order valence-corrected chi connectivity index (χ0v) is 23.6. The summed E-state index contributed by atoms with van der Waals surface area (Å²) >= 11 is 0. The van der Waals surface area contributed by atoms with Gasteiger partial charge in [-0.05, 0) is 54.6 Å². The van der Waals surface area contributed by atoms with E-state index in [1.165, 1.54) is 16.2 Å². The fourth-order valence-electron chi connectivity index (χ4n) is 6.53. The molecule has 0 atom stereocenters. The van der Waals surface area contributed by atoms with Crippen molar-refractivity contribution in [3.8, 4) is 39.6 Å². The van der Waals surface area contributed by atoms with Crippen LogP contribution in [0.3, 0.4) is 0 Å². The molecule has 0 bridgehead atoms. The van der Waals surface area contributed by atoms with E-state index in [2.05, 4.69) is 119 Å². The summed E-state index contributed by atoms with van der Waals surface area (Å²) in [5.74, 6) is 0.834. The number of hydrogen-bond acceptors (Lipinski definition) is 3. The summed E-state index contributed by atoms with van der Waals surface area (Å²) in [4.78, 5) is 18.7. The average Bonchev–Trinajstić information content (AvgIpc) is 3.64. The van der Waals surface area contributed by atoms with Crippen molar-refractivity contribution < 1.29 is 0 Å². The first-order chi connectivity index (χ1) is 21.8. The SMILES string of the molecule is c1ccc(-c2cc(-c3c(-c4ccccn4)ccc4c3[nH]c3ccccc34)nc(-n3c4ccccc4c4ccccc43)c2)nc1. The van der Waals surface area contributed by atoms with Crippen LogP contribution < -0.4 is 0 Å². The van der Waals surface area contributed by atoms with Gasteiger partial charge in [-0.2, -0.15) is 0 Å². The molecule has 0 aliphatic heterocycles. The quantitative estimate of drug-likeness (QED) is 0.232. The van der Waals surface area contributed by atoms with Gasteiger partial charge in [0, 0.05) is 56.1 Å². The van der Waals surface area contributed by atoms with E-state index < -0.39 is 0 Å². The Hall–Kier alpha value is -6.07. The number of benzene rings is 4. The van der Waals surface area contributed by atoms with Crippen molar-refractivity contribution >= 4 is 43.6 Å². The lowest BCUT2D eigenvalue weighted by molar-refractivity contribution is 1.08. The van der Waals surface area contributed by atoms with Gasteiger partial charge in [0.15, 0.2) is 0 Å². The molecule has 1 N–H and O–H groups in total. The summed E-state index contributed by atoms with van der Waals surface area (Å²) in [5.41, 5.74) is 10.0. The maximum atomic E-state index is 5.47. The zero-order valence-electron chi connectivity index (χ0n) is 23.6. The zero-order chi connectivity index (χ0) is 29.0. The molecule has 0 unspecified atom stereocenters. The number of aromatic nitrogens is 5. The molecule has 0 saturated carbocycles. The predicted molar refractivity (Wildman–Crippen MR) is 180 cm³/mol. The first-order valence-corrected chi connectivity index (χ1v) is 14.7. The van der Waals surface area contributed by atoms with Crippen LogP contribution >= 0.6 is 0 Å². The van der Waals surface area contributed by atoms with Crippen molar-refractivity contribution in [2.24, 2.45) is 0 Å². The fraction of sp³-hybridized carbons (Fsp3) is 0. The van der Waals surface area contributed by atoms with Crippen LogP contribution in [0.15, 0.2) is 146 Å². The van der Waals surface area contributed by atoms with Gasteiger partial charge >= 0.3 is 0 Å². The summed E-state index contributed by atoms with van der Waals surface area (Å²) in [5, 5.41) is 4.72. The monoisotopic (exact) mass is 563 g/mol. The summed E-state index contributed by atoms with van der Waals surface area (Å²) in [6.45, 7) is 0. The highest BCUT2D eigenvalue weighted by atomic mass is 15.1. The van der Waals surface area contributed by atoms with Crippen LogP contribution in [0.5, 0.6) is 0 Å². The Morgan fingerprint density at radius 1 is 0.500 bits per heavy atom. The molecule has 206 valence electrons. The lowest BCUT2D eigenvalue weighted by atomic mass is 9.96. The Morgan fingerprint density at radius 2 is 1.14 bits per heavy atom. The van der Waals surface area contributed by atoms with E-state index in [1.54, 1.807) is 0 Å². The normalized spacial score (nSPS) is 11.6. The highest BCUT2D eigenvalue weighted by Gasteiger charge is 2.21. The van der Waals surface area contributed by atoms with Gasteiger partial charge in [0.25, 0.3) is 0 Å². The Labute approximate surface area is 253 Å². The third-order valence-electron chi connectivity index (χ3n) is 8.46. The van der Waals surface area contributed by atoms with Crippen molar-refractivity contribution in [2.45, 2.75) is 0 Å². The fourth-order valence-corrected chi connectivity index (χ4v) is 6.53. The summed E-state index contributed by atoms with van der Waals surface area (Å²) in [7, 11) is 0. The molecule has 0 spiro atoms. The third kappa shape index (κ3) is 3.76. The lowest BCUT2D eigenvalue weighted by Crippen LogP contribution is -2.01. The minimum absolute atomic E-state index is 0.834. The maximum Gasteiger partial charge on any atom is 0.138 e. The van der Waals surface area contributed by atoms with Gasteiger partial charge in [-0.3, -0.25) is 14.5 Å². The molecule has 9 aromatic rings. The number of hydrogen-bond donors (Lipinski definition) is 1. The van der Waals surface area contributed by atoms with Crippen LogP contribution in [-0.2, 0) is 0 Å². The van der Waals surface area contributed by atoms with E-state index in [0.717, 1.165) is 67.0 Å². The van der Waals surface area contributed by atoms with E-state index in [9.17, 15) is 0 Å². The number of para-hydroxylation sites is 3. The minimum atomic E-state index is 0.834. The molecule has 0 saturated heterocycles. The second kappa shape index (κ2) is 9.75. The van der Waals surface area contributed by atoms with Gasteiger partial charge < -0.3 is 4.98 Å². The molecule has 9 rings (SSSR count). The molecule has 0 radical (unpaired) electrons. The summed E-state index contributed by atoms with van der Waals surface area (Å²) < 4.78 is 2.27. The molecule has 5 heterocycles. The van der Waals surface area contributed by atoms with Crippen LogP contribution in [0.25, 0.3) is 83.2 Å². The number of nitrogens with one attached hydrogen (secondary N) is 1. The molecule has 44 heavy (non-hydrogen) atoms. The Balaban J connectivity index is 1.42. The molecule has 4 aromatic carbocycles. The van der Waals surface area contributed by atoms with Crippen LogP contribution in [0, 0.1) is 0 Å². The molecular weight excluding hydrogens is 538 g/mol. The highest BCUT2D eigenvalue weighted by Crippen LogP contribution is 2.41. The molecule has 0 amide bonds. The Kier molecular flexibility index (Phi) is 5.43. The average molecular weight is 564 g/mol. The van der Waals surface area contributed by atoms with E-state index in [-0.39, 0.29) is 0 Å². The van der Waals surface area contributed by atoms with Gasteiger partial charge in [-0.1, -0.05) is 78.9 Å². The second-order valence-corrected chi connectivity index (χ2v) is 11.0. The molecule has 0 aliphatic rings. The van der Waals surface area contributed by atoms with Crippen molar-refractivity contribution in [3.63, 3.8) is 0 Å². The first kappa shape index (κ1) is 24.5. The Bertz CT molecular complexity index is 2440. The summed E-state index contributed by atoms with van der Waals surface area (Å²) in [6, 6.07) is 46.3. The minimum Gasteiger partial charge on any atom is -0.354 e. The van der Waals surface area contributed by atoms with Crippen molar-refractivity contribution in [2.75, 3.05) is 0 Å². The number of fused-ring (bicyclic) bond motifs is 6. The highest BCUT2D eigenvalue weighted by molar-refractivity contribution is 6.14. The molecule has 5 heteroatoms. The van der Waals surface area contributed by atoms with Gasteiger partial charge in [0.05, 0.1) is 33.6 Å². The van der Waals surface area contributed by atoms with Crippen LogP contribution in [0.1, 0.15) is 0 Å². The van der Waals surface area contributed by atoms with Crippen molar-refractivity contribution in [1.82, 2.24) is 24.5 Å². The van der Waals surface area contributed by atoms with E-state index in [0.29, 0.717) is 0 Å². The van der Waals surface area contributed by atoms with Gasteiger partial charge in [0.2, 0.25) is 0 Å². The maximum absolute atomic E-state index is 5.47. The van der Waals surface area contributed by atoms with Crippen molar-refractivity contribution in [1.29, 1.82) is 0 Å². The Morgan fingerprint density at radius 3 is 1.84 bits per heavy atom. The van der Waals surface area contributed by atoms with Gasteiger partial charge in [-0.15, -0.1) is 0 Å². The third-order valence-corrected chi connectivity index (χ3v) is 8.46. The smallest absolute Gasteiger partial charge is 0.138 e. The van der Waals surface area contributed by atoms with E-state index in [4.69, 9.17) is 15.0 Å². The molecule has 0 fully saturated rings. The number of pyridine rings is 3. The van der Waals surface area contributed by atoms with Crippen LogP contribution in [-0.4, -0.2) is 24.5 Å². The van der Waals surface area contributed by atoms with Gasteiger partial charge in [0.1, 0.15) is 5.82 Å². The number of aromatic amines is 1. The van der Waals surface area contributed by atoms with Crippen LogP contribution in [0.4, 0.5) is 0 Å². The molecule has 0 aliphatic carbocycles. The van der Waals surface area contributed by atoms with Gasteiger partial charge in [-0.25, -0.2) is 4.98 Å². The molecule has 5 aromatic heterocycles. The number of nitrogens with zero attached hydrogens (tertiary/aromatic N) is 4. The topological polar surface area (TPSA) is 59.4 Å². The van der Waals surface area contributed by atoms with E-state index in [1.807, 2.05) is 36.7 Å². The largest absolute Gasteiger partial charge is 0.354 e. The molecule has 5 nitrogen and oxygen atoms in total. The second-order valence-electron chi connectivity index (χ2n) is 11.0. The number of rotatable bonds is 4. The standard InChI is InChI=1S/C39H25N5/c1-4-16-33-26(11-1)29-19-20-30(32-15-8-10-22-41-32)38(39(29)43-33)34-23-25(31-14-7-9-21-40-31)24-37(42-34)44-35-17-5-2-12-27(35)28-13-3-6-18-36(28)44/h1-24,43H. The predicted octanol–water partition coefficient (Wildman–Crippen LogP) is 9.60. The van der Waals surface area contributed by atoms with Crippen LogP contribution in [0.2, 0.25) is 0 Å². The molecular formula is C39H25N5.